The molecule has 0 aromatic carbocycles. The maximum absolute atomic E-state index is 10.3. The molecule has 1 fully saturated rings. The van der Waals surface area contributed by atoms with Gasteiger partial charge in [0.05, 0.1) is 17.5 Å². The molecular formula is C14H17ClN4O2. The lowest BCUT2D eigenvalue weighted by Crippen LogP contribution is -2.28. The third-order valence-electron chi connectivity index (χ3n) is 4.22. The number of hydrogen-bond acceptors (Lipinski definition) is 5. The van der Waals surface area contributed by atoms with Crippen LogP contribution in [0, 0.1) is 18.3 Å². The first-order chi connectivity index (χ1) is 9.93. The Morgan fingerprint density at radius 3 is 2.67 bits per heavy atom. The number of nitrogens with one attached hydrogen (secondary N) is 1. The molecule has 0 unspecified atom stereocenters. The van der Waals surface area contributed by atoms with E-state index < -0.39 is 12.2 Å². The minimum Gasteiger partial charge on any atom is -0.390 e. The van der Waals surface area contributed by atoms with E-state index in [4.69, 9.17) is 17.0 Å². The molecule has 1 aliphatic carbocycles. The highest BCUT2D eigenvalue weighted by molar-refractivity contribution is 6.35. The Morgan fingerprint density at radius 2 is 2.10 bits per heavy atom. The molecule has 0 aliphatic heterocycles. The number of fused-ring (bicyclic) bond motifs is 1. The lowest BCUT2D eigenvalue weighted by atomic mass is 10.1. The van der Waals surface area contributed by atoms with E-state index in [0.717, 1.165) is 0 Å². The molecule has 4 atom stereocenters. The fourth-order valence-corrected chi connectivity index (χ4v) is 3.42. The molecule has 0 bridgehead atoms. The van der Waals surface area contributed by atoms with Crippen LogP contribution >= 0.6 is 11.6 Å². The highest BCUT2D eigenvalue weighted by atomic mass is 35.5. The Labute approximate surface area is 126 Å². The zero-order valence-electron chi connectivity index (χ0n) is 11.8. The zero-order chi connectivity index (χ0) is 15.3. The minimum atomic E-state index is -0.858. The molecule has 0 amide bonds. The first-order valence-corrected chi connectivity index (χ1v) is 7.23. The number of aliphatic hydroxyl groups excluding tert-OH is 2. The molecule has 0 saturated heterocycles. The molecule has 112 valence electrons. The molecule has 2 heterocycles. The van der Waals surface area contributed by atoms with Gasteiger partial charge in [0.15, 0.2) is 0 Å². The Bertz CT molecular complexity index is 715. The van der Waals surface area contributed by atoms with Crippen LogP contribution in [-0.4, -0.2) is 43.2 Å². The number of rotatable bonds is 2. The van der Waals surface area contributed by atoms with Gasteiger partial charge in [0.25, 0.3) is 0 Å². The van der Waals surface area contributed by atoms with Crippen molar-refractivity contribution in [2.45, 2.75) is 38.5 Å². The van der Waals surface area contributed by atoms with Crippen LogP contribution in [0.5, 0.6) is 0 Å². The molecule has 7 heteroatoms. The standard InChI is InChI=1S/C14H17ClN4O2/c1-6-3-9(12(21)11(6)20)19-5-8(4-16)10-13(15)17-7(2)18-14(10)19/h4-6,9,11-12,16,20-21H,3H2,1-2H3/t6-,9+,11+,12-/m0/s1. The van der Waals surface area contributed by atoms with Gasteiger partial charge >= 0.3 is 0 Å². The van der Waals surface area contributed by atoms with Crippen LogP contribution in [-0.2, 0) is 0 Å². The summed E-state index contributed by atoms with van der Waals surface area (Å²) in [5.74, 6) is 0.536. The van der Waals surface area contributed by atoms with Crippen molar-refractivity contribution >= 4 is 28.8 Å². The molecule has 3 rings (SSSR count). The quantitative estimate of drug-likeness (QED) is 0.581. The summed E-state index contributed by atoms with van der Waals surface area (Å²) in [4.78, 5) is 8.53. The molecule has 2 aromatic rings. The van der Waals surface area contributed by atoms with E-state index in [-0.39, 0.29) is 12.0 Å². The Morgan fingerprint density at radius 1 is 1.38 bits per heavy atom. The summed E-state index contributed by atoms with van der Waals surface area (Å²) in [5.41, 5.74) is 1.20. The maximum atomic E-state index is 10.3. The van der Waals surface area contributed by atoms with Gasteiger partial charge in [-0.1, -0.05) is 18.5 Å². The first kappa shape index (κ1) is 14.4. The summed E-state index contributed by atoms with van der Waals surface area (Å²) in [6.07, 6.45) is 1.98. The molecule has 0 spiro atoms. The zero-order valence-corrected chi connectivity index (χ0v) is 12.5. The van der Waals surface area contributed by atoms with E-state index in [1.807, 2.05) is 11.5 Å². The second-order valence-electron chi connectivity index (χ2n) is 5.66. The molecule has 21 heavy (non-hydrogen) atoms. The van der Waals surface area contributed by atoms with Crippen LogP contribution in [0.4, 0.5) is 0 Å². The maximum Gasteiger partial charge on any atom is 0.146 e. The average Bonchev–Trinajstić information content (AvgIpc) is 2.92. The summed E-state index contributed by atoms with van der Waals surface area (Å²) >= 11 is 6.18. The van der Waals surface area contributed by atoms with Crippen molar-refractivity contribution in [1.29, 1.82) is 5.41 Å². The normalized spacial score (nSPS) is 29.2. The van der Waals surface area contributed by atoms with Crippen LogP contribution in [0.15, 0.2) is 6.20 Å². The summed E-state index contributed by atoms with van der Waals surface area (Å²) in [7, 11) is 0. The Kier molecular flexibility index (Phi) is 3.47. The highest BCUT2D eigenvalue weighted by Gasteiger charge is 2.40. The van der Waals surface area contributed by atoms with E-state index in [2.05, 4.69) is 9.97 Å². The van der Waals surface area contributed by atoms with Crippen molar-refractivity contribution < 1.29 is 10.2 Å². The van der Waals surface area contributed by atoms with E-state index >= 15 is 0 Å². The van der Waals surface area contributed by atoms with Gasteiger partial charge in [-0.15, -0.1) is 0 Å². The Balaban J connectivity index is 2.22. The number of aryl methyl sites for hydroxylation is 1. The topological polar surface area (TPSA) is 95.0 Å². The molecule has 0 radical (unpaired) electrons. The number of halogens is 1. The van der Waals surface area contributed by atoms with E-state index in [1.54, 1.807) is 13.1 Å². The van der Waals surface area contributed by atoms with Crippen LogP contribution in [0.1, 0.15) is 30.8 Å². The SMILES string of the molecule is Cc1nc(Cl)c2c(C=N)cn([C@@H]3C[C@H](C)[C@@H](O)[C@H]3O)c2n1. The van der Waals surface area contributed by atoms with Crippen molar-refractivity contribution in [2.24, 2.45) is 5.92 Å². The van der Waals surface area contributed by atoms with Crippen LogP contribution in [0.2, 0.25) is 5.15 Å². The summed E-state index contributed by atoms with van der Waals surface area (Å²) in [5, 5.41) is 28.7. The summed E-state index contributed by atoms with van der Waals surface area (Å²) in [6.45, 7) is 3.65. The lowest BCUT2D eigenvalue weighted by Gasteiger charge is -2.19. The molecule has 2 aromatic heterocycles. The van der Waals surface area contributed by atoms with Crippen molar-refractivity contribution in [3.63, 3.8) is 0 Å². The fraction of sp³-hybridized carbons (Fsp3) is 0.500. The smallest absolute Gasteiger partial charge is 0.146 e. The van der Waals surface area contributed by atoms with Gasteiger partial charge in [-0.2, -0.15) is 0 Å². The summed E-state index contributed by atoms with van der Waals surface area (Å²) < 4.78 is 1.81. The van der Waals surface area contributed by atoms with Gasteiger partial charge in [0.2, 0.25) is 0 Å². The van der Waals surface area contributed by atoms with Crippen LogP contribution in [0.25, 0.3) is 11.0 Å². The number of hydrogen-bond donors (Lipinski definition) is 3. The lowest BCUT2D eigenvalue weighted by molar-refractivity contribution is 0.00971. The Hall–Kier alpha value is -1.50. The second-order valence-corrected chi connectivity index (χ2v) is 6.02. The van der Waals surface area contributed by atoms with Gasteiger partial charge in [-0.25, -0.2) is 9.97 Å². The van der Waals surface area contributed by atoms with E-state index in [9.17, 15) is 10.2 Å². The van der Waals surface area contributed by atoms with E-state index in [1.165, 1.54) is 6.21 Å². The molecule has 1 aliphatic rings. The van der Waals surface area contributed by atoms with Gasteiger partial charge in [-0.3, -0.25) is 0 Å². The monoisotopic (exact) mass is 308 g/mol. The second kappa shape index (κ2) is 5.05. The average molecular weight is 309 g/mol. The molecular weight excluding hydrogens is 292 g/mol. The van der Waals surface area contributed by atoms with Crippen molar-refractivity contribution in [3.05, 3.63) is 22.7 Å². The number of aromatic nitrogens is 3. The van der Waals surface area contributed by atoms with Crippen molar-refractivity contribution in [3.8, 4) is 0 Å². The molecule has 1 saturated carbocycles. The summed E-state index contributed by atoms with van der Waals surface area (Å²) in [6, 6.07) is -0.281. The largest absolute Gasteiger partial charge is 0.390 e. The molecule has 3 N–H and O–H groups in total. The minimum absolute atomic E-state index is 0.00397. The third kappa shape index (κ3) is 2.14. The van der Waals surface area contributed by atoms with Gasteiger partial charge in [0.1, 0.15) is 22.7 Å². The highest BCUT2D eigenvalue weighted by Crippen LogP contribution is 2.38. The first-order valence-electron chi connectivity index (χ1n) is 6.85. The third-order valence-corrected chi connectivity index (χ3v) is 4.50. The van der Waals surface area contributed by atoms with Gasteiger partial charge in [0, 0.05) is 18.0 Å². The van der Waals surface area contributed by atoms with Gasteiger partial charge < -0.3 is 20.2 Å². The number of aliphatic hydroxyl groups is 2. The van der Waals surface area contributed by atoms with Crippen molar-refractivity contribution in [1.82, 2.24) is 14.5 Å². The predicted octanol–water partition coefficient (Wildman–Crippen LogP) is 1.69. The predicted molar refractivity (Wildman–Crippen MR) is 80.0 cm³/mol. The van der Waals surface area contributed by atoms with E-state index in [0.29, 0.717) is 34.0 Å². The van der Waals surface area contributed by atoms with Gasteiger partial charge in [-0.05, 0) is 19.3 Å². The van der Waals surface area contributed by atoms with Crippen LogP contribution in [0.3, 0.4) is 0 Å². The van der Waals surface area contributed by atoms with Crippen LogP contribution < -0.4 is 0 Å². The fourth-order valence-electron chi connectivity index (χ4n) is 3.10. The molecule has 6 nitrogen and oxygen atoms in total. The van der Waals surface area contributed by atoms with Crippen molar-refractivity contribution in [2.75, 3.05) is 0 Å². The number of nitrogens with zero attached hydrogens (tertiary/aromatic N) is 3.